The summed E-state index contributed by atoms with van der Waals surface area (Å²) in [4.78, 5) is 0. The highest BCUT2D eigenvalue weighted by Crippen LogP contribution is 2.37. The number of rotatable bonds is 4. The molecule has 126 valence electrons. The van der Waals surface area contributed by atoms with E-state index in [0.29, 0.717) is 11.5 Å². The van der Waals surface area contributed by atoms with Crippen molar-refractivity contribution < 1.29 is 8.78 Å². The molecule has 1 aliphatic rings. The Bertz CT molecular complexity index is 684. The summed E-state index contributed by atoms with van der Waals surface area (Å²) in [6.45, 7) is 5.29. The van der Waals surface area contributed by atoms with E-state index in [2.05, 4.69) is 18.7 Å². The van der Waals surface area contributed by atoms with Crippen LogP contribution in [0, 0.1) is 24.5 Å². The summed E-state index contributed by atoms with van der Waals surface area (Å²) in [6, 6.07) is 11.0. The van der Waals surface area contributed by atoms with Crippen molar-refractivity contribution >= 4 is 0 Å². The average Bonchev–Trinajstić information content (AvgIpc) is 2.60. The van der Waals surface area contributed by atoms with Gasteiger partial charge in [0, 0.05) is 5.56 Å². The molecule has 2 aromatic carbocycles. The van der Waals surface area contributed by atoms with Gasteiger partial charge >= 0.3 is 0 Å². The first-order valence-corrected chi connectivity index (χ1v) is 8.75. The normalized spacial score (nSPS) is 20.8. The topological polar surface area (TPSA) is 0 Å². The summed E-state index contributed by atoms with van der Waals surface area (Å²) in [5.74, 6) is 0.410. The molecule has 0 N–H and O–H groups in total. The molecule has 1 fully saturated rings. The first-order valence-electron chi connectivity index (χ1n) is 8.75. The molecule has 1 saturated carbocycles. The minimum atomic E-state index is -0.491. The van der Waals surface area contributed by atoms with Gasteiger partial charge in [0.1, 0.15) is 11.6 Å². The van der Waals surface area contributed by atoms with E-state index in [9.17, 15) is 8.78 Å². The predicted molar refractivity (Wildman–Crippen MR) is 96.0 cm³/mol. The van der Waals surface area contributed by atoms with Crippen LogP contribution in [0.1, 0.15) is 49.1 Å². The summed E-state index contributed by atoms with van der Waals surface area (Å²) < 4.78 is 27.5. The summed E-state index contributed by atoms with van der Waals surface area (Å²) in [5, 5.41) is 0. The molecule has 0 heterocycles. The number of halogens is 2. The van der Waals surface area contributed by atoms with Gasteiger partial charge in [-0.1, -0.05) is 30.3 Å². The van der Waals surface area contributed by atoms with E-state index in [1.807, 2.05) is 18.2 Å². The van der Waals surface area contributed by atoms with E-state index < -0.39 is 11.6 Å². The lowest BCUT2D eigenvalue weighted by atomic mass is 9.77. The molecule has 1 aliphatic carbocycles. The summed E-state index contributed by atoms with van der Waals surface area (Å²) >= 11 is 0. The molecule has 0 spiro atoms. The third-order valence-electron chi connectivity index (χ3n) is 5.34. The molecule has 3 rings (SSSR count). The molecule has 0 aliphatic heterocycles. The van der Waals surface area contributed by atoms with Crippen LogP contribution in [0.5, 0.6) is 0 Å². The molecule has 0 unspecified atom stereocenters. The summed E-state index contributed by atoms with van der Waals surface area (Å²) in [6.07, 6.45) is 8.09. The van der Waals surface area contributed by atoms with Crippen molar-refractivity contribution in [1.82, 2.24) is 0 Å². The zero-order valence-corrected chi connectivity index (χ0v) is 14.2. The number of hydrogen-bond donors (Lipinski definition) is 0. The van der Waals surface area contributed by atoms with Crippen LogP contribution in [-0.2, 0) is 0 Å². The molecule has 0 aromatic heterocycles. The van der Waals surface area contributed by atoms with Gasteiger partial charge in [-0.25, -0.2) is 8.78 Å². The first-order chi connectivity index (χ1) is 11.6. The van der Waals surface area contributed by atoms with Crippen molar-refractivity contribution in [3.8, 4) is 11.1 Å². The molecule has 24 heavy (non-hydrogen) atoms. The van der Waals surface area contributed by atoms with E-state index >= 15 is 0 Å². The van der Waals surface area contributed by atoms with Crippen LogP contribution >= 0.6 is 0 Å². The fourth-order valence-corrected chi connectivity index (χ4v) is 3.73. The molecule has 0 nitrogen and oxygen atoms in total. The van der Waals surface area contributed by atoms with Crippen molar-refractivity contribution in [2.24, 2.45) is 5.92 Å². The van der Waals surface area contributed by atoms with Crippen LogP contribution in [-0.4, -0.2) is 0 Å². The van der Waals surface area contributed by atoms with Gasteiger partial charge in [0.25, 0.3) is 0 Å². The Labute approximate surface area is 143 Å². The quantitative estimate of drug-likeness (QED) is 0.543. The highest BCUT2D eigenvalue weighted by molar-refractivity contribution is 5.64. The second-order valence-corrected chi connectivity index (χ2v) is 6.93. The fraction of sp³-hybridized carbons (Fsp3) is 0.364. The Morgan fingerprint density at radius 2 is 1.54 bits per heavy atom. The number of benzene rings is 2. The maximum absolute atomic E-state index is 13.7. The maximum Gasteiger partial charge on any atom is 0.129 e. The lowest BCUT2D eigenvalue weighted by Crippen LogP contribution is -2.12. The third kappa shape index (κ3) is 3.58. The van der Waals surface area contributed by atoms with Gasteiger partial charge in [-0.05, 0) is 79.7 Å². The zero-order chi connectivity index (χ0) is 17.1. The van der Waals surface area contributed by atoms with Gasteiger partial charge in [-0.15, -0.1) is 6.58 Å². The van der Waals surface area contributed by atoms with Crippen LogP contribution in [0.4, 0.5) is 8.78 Å². The molecule has 0 atom stereocenters. The van der Waals surface area contributed by atoms with Crippen LogP contribution in [0.25, 0.3) is 11.1 Å². The number of hydrogen-bond acceptors (Lipinski definition) is 0. The summed E-state index contributed by atoms with van der Waals surface area (Å²) in [7, 11) is 0. The smallest absolute Gasteiger partial charge is 0.129 e. The van der Waals surface area contributed by atoms with Crippen LogP contribution in [0.15, 0.2) is 49.1 Å². The molecular formula is C22H24F2. The van der Waals surface area contributed by atoms with E-state index in [1.54, 1.807) is 0 Å². The Hall–Kier alpha value is -1.96. The Kier molecular flexibility index (Phi) is 5.13. The lowest BCUT2D eigenvalue weighted by molar-refractivity contribution is 0.328. The van der Waals surface area contributed by atoms with Crippen molar-refractivity contribution in [3.05, 3.63) is 71.8 Å². The first kappa shape index (κ1) is 16.9. The SMILES string of the molecule is C=CCC1CCC(c2ccc(-c3cc(F)c(C)c(F)c3)cc2)CC1. The van der Waals surface area contributed by atoms with E-state index in [0.717, 1.165) is 17.9 Å². The molecular weight excluding hydrogens is 302 g/mol. The van der Waals surface area contributed by atoms with E-state index in [4.69, 9.17) is 0 Å². The third-order valence-corrected chi connectivity index (χ3v) is 5.34. The van der Waals surface area contributed by atoms with Gasteiger partial charge in [0.05, 0.1) is 0 Å². The highest BCUT2D eigenvalue weighted by atomic mass is 19.1. The second kappa shape index (κ2) is 7.29. The average molecular weight is 326 g/mol. The maximum atomic E-state index is 13.7. The van der Waals surface area contributed by atoms with Gasteiger partial charge in [-0.3, -0.25) is 0 Å². The van der Waals surface area contributed by atoms with Crippen molar-refractivity contribution in [1.29, 1.82) is 0 Å². The van der Waals surface area contributed by atoms with Gasteiger partial charge in [0.2, 0.25) is 0 Å². The fourth-order valence-electron chi connectivity index (χ4n) is 3.73. The van der Waals surface area contributed by atoms with Gasteiger partial charge in [0.15, 0.2) is 0 Å². The summed E-state index contributed by atoms with van der Waals surface area (Å²) in [5.41, 5.74) is 2.87. The lowest BCUT2D eigenvalue weighted by Gasteiger charge is -2.28. The Morgan fingerprint density at radius 1 is 0.958 bits per heavy atom. The van der Waals surface area contributed by atoms with Gasteiger partial charge < -0.3 is 0 Å². The zero-order valence-electron chi connectivity index (χ0n) is 14.2. The largest absolute Gasteiger partial charge is 0.207 e. The van der Waals surface area contributed by atoms with Crippen LogP contribution in [0.3, 0.4) is 0 Å². The standard InChI is InChI=1S/C22H24F2/c1-3-4-16-5-7-17(8-6-16)18-9-11-19(12-10-18)20-13-21(23)15(2)22(24)14-20/h3,9-14,16-17H,1,4-8H2,2H3. The molecule has 2 heteroatoms. The van der Waals surface area contributed by atoms with Crippen molar-refractivity contribution in [2.45, 2.75) is 44.9 Å². The van der Waals surface area contributed by atoms with E-state index in [1.165, 1.54) is 50.3 Å². The second-order valence-electron chi connectivity index (χ2n) is 6.93. The van der Waals surface area contributed by atoms with Crippen LogP contribution in [0.2, 0.25) is 0 Å². The predicted octanol–water partition coefficient (Wildman–Crippen LogP) is 6.79. The van der Waals surface area contributed by atoms with E-state index in [-0.39, 0.29) is 5.56 Å². The minimum absolute atomic E-state index is 0.0756. The Balaban J connectivity index is 1.73. The molecule has 0 saturated heterocycles. The monoisotopic (exact) mass is 326 g/mol. The molecule has 2 aromatic rings. The molecule has 0 bridgehead atoms. The number of allylic oxidation sites excluding steroid dienone is 1. The molecule has 0 amide bonds. The Morgan fingerprint density at radius 3 is 2.08 bits per heavy atom. The van der Waals surface area contributed by atoms with Crippen molar-refractivity contribution in [2.75, 3.05) is 0 Å². The highest BCUT2D eigenvalue weighted by Gasteiger charge is 2.21. The molecule has 0 radical (unpaired) electrons. The van der Waals surface area contributed by atoms with Crippen molar-refractivity contribution in [3.63, 3.8) is 0 Å². The van der Waals surface area contributed by atoms with Gasteiger partial charge in [-0.2, -0.15) is 0 Å². The van der Waals surface area contributed by atoms with Crippen LogP contribution < -0.4 is 0 Å². The minimum Gasteiger partial charge on any atom is -0.207 e.